The van der Waals surface area contributed by atoms with E-state index in [0.717, 1.165) is 17.1 Å². The van der Waals surface area contributed by atoms with E-state index in [9.17, 15) is 0 Å². The Morgan fingerprint density at radius 2 is 1.84 bits per heavy atom. The van der Waals surface area contributed by atoms with Gasteiger partial charge in [-0.25, -0.2) is 0 Å². The van der Waals surface area contributed by atoms with Gasteiger partial charge in [0.05, 0.1) is 0 Å². The number of ether oxygens (including phenoxy) is 3. The Morgan fingerprint density at radius 1 is 1.00 bits per heavy atom. The molecule has 0 saturated heterocycles. The van der Waals surface area contributed by atoms with Crippen LogP contribution in [0, 0.1) is 13.8 Å². The fourth-order valence-electron chi connectivity index (χ4n) is 2.59. The molecule has 0 bridgehead atoms. The summed E-state index contributed by atoms with van der Waals surface area (Å²) in [6.45, 7) is 6.23. The summed E-state index contributed by atoms with van der Waals surface area (Å²) in [6, 6.07) is 11.5. The minimum Gasteiger partial charge on any atom is -0.481 e. The first-order valence-electron chi connectivity index (χ1n) is 8.08. The average Bonchev–Trinajstić information content (AvgIpc) is 3.26. The van der Waals surface area contributed by atoms with Crippen molar-refractivity contribution in [1.82, 2.24) is 10.1 Å². The second-order valence-corrected chi connectivity index (χ2v) is 6.03. The molecule has 128 valence electrons. The molecule has 0 amide bonds. The van der Waals surface area contributed by atoms with Gasteiger partial charge in [-0.3, -0.25) is 0 Å². The lowest BCUT2D eigenvalue weighted by Crippen LogP contribution is -2.03. The molecule has 2 aromatic carbocycles. The van der Waals surface area contributed by atoms with Gasteiger partial charge in [-0.05, 0) is 62.2 Å². The van der Waals surface area contributed by atoms with Gasteiger partial charge >= 0.3 is 0 Å². The highest BCUT2D eigenvalue weighted by Crippen LogP contribution is 2.35. The SMILES string of the molecule is Cc1ccc(O[C@@H](C)c2nc(-c3ccc4c(c3)OCO4)no2)cc1C. The first-order valence-corrected chi connectivity index (χ1v) is 8.08. The van der Waals surface area contributed by atoms with Crippen molar-refractivity contribution in [2.45, 2.75) is 26.9 Å². The first kappa shape index (κ1) is 15.5. The zero-order valence-electron chi connectivity index (χ0n) is 14.3. The molecule has 1 atom stereocenters. The summed E-state index contributed by atoms with van der Waals surface area (Å²) in [5.41, 5.74) is 3.21. The van der Waals surface area contributed by atoms with E-state index in [2.05, 4.69) is 24.0 Å². The smallest absolute Gasteiger partial charge is 0.267 e. The molecule has 1 aromatic heterocycles. The van der Waals surface area contributed by atoms with Gasteiger partial charge in [0.2, 0.25) is 12.6 Å². The molecule has 6 nitrogen and oxygen atoms in total. The van der Waals surface area contributed by atoms with Gasteiger partial charge in [-0.15, -0.1) is 0 Å². The third-order valence-electron chi connectivity index (χ3n) is 4.21. The molecular formula is C19H18N2O4. The molecule has 0 N–H and O–H groups in total. The quantitative estimate of drug-likeness (QED) is 0.709. The average molecular weight is 338 g/mol. The van der Waals surface area contributed by atoms with Crippen molar-refractivity contribution in [2.24, 2.45) is 0 Å². The summed E-state index contributed by atoms with van der Waals surface area (Å²) >= 11 is 0. The van der Waals surface area contributed by atoms with E-state index < -0.39 is 0 Å². The van der Waals surface area contributed by atoms with Crippen LogP contribution in [-0.2, 0) is 0 Å². The summed E-state index contributed by atoms with van der Waals surface area (Å²) in [6.07, 6.45) is -0.350. The first-order chi connectivity index (χ1) is 12.1. The molecule has 6 heteroatoms. The number of rotatable bonds is 4. The van der Waals surface area contributed by atoms with Gasteiger partial charge < -0.3 is 18.7 Å². The molecule has 3 aromatic rings. The predicted molar refractivity (Wildman–Crippen MR) is 90.8 cm³/mol. The Balaban J connectivity index is 1.53. The number of hydrogen-bond acceptors (Lipinski definition) is 6. The molecule has 0 unspecified atom stereocenters. The minimum absolute atomic E-state index is 0.233. The van der Waals surface area contributed by atoms with E-state index in [-0.39, 0.29) is 12.9 Å². The van der Waals surface area contributed by atoms with Crippen LogP contribution >= 0.6 is 0 Å². The molecule has 25 heavy (non-hydrogen) atoms. The molecule has 4 rings (SSSR count). The van der Waals surface area contributed by atoms with E-state index >= 15 is 0 Å². The number of hydrogen-bond donors (Lipinski definition) is 0. The van der Waals surface area contributed by atoms with Gasteiger partial charge in [0.15, 0.2) is 17.6 Å². The Bertz CT molecular complexity index is 920. The summed E-state index contributed by atoms with van der Waals surface area (Å²) in [4.78, 5) is 4.44. The van der Waals surface area contributed by atoms with Crippen molar-refractivity contribution in [1.29, 1.82) is 0 Å². The maximum atomic E-state index is 5.92. The van der Waals surface area contributed by atoms with Gasteiger partial charge in [0, 0.05) is 5.56 Å². The van der Waals surface area contributed by atoms with Crippen LogP contribution in [0.25, 0.3) is 11.4 Å². The van der Waals surface area contributed by atoms with Crippen molar-refractivity contribution >= 4 is 0 Å². The second kappa shape index (κ2) is 6.12. The van der Waals surface area contributed by atoms with Gasteiger partial charge in [-0.1, -0.05) is 11.2 Å². The Morgan fingerprint density at radius 3 is 2.68 bits per heavy atom. The van der Waals surface area contributed by atoms with E-state index in [1.807, 2.05) is 43.3 Å². The monoisotopic (exact) mass is 338 g/mol. The van der Waals surface area contributed by atoms with Crippen LogP contribution < -0.4 is 14.2 Å². The molecule has 0 spiro atoms. The lowest BCUT2D eigenvalue weighted by molar-refractivity contribution is 0.174. The number of aryl methyl sites for hydroxylation is 2. The van der Waals surface area contributed by atoms with E-state index in [1.54, 1.807) is 0 Å². The fraction of sp³-hybridized carbons (Fsp3) is 0.263. The van der Waals surface area contributed by atoms with Crippen LogP contribution in [0.4, 0.5) is 0 Å². The third-order valence-corrected chi connectivity index (χ3v) is 4.21. The predicted octanol–water partition coefficient (Wildman–Crippen LogP) is 4.22. The molecule has 1 aliphatic heterocycles. The normalized spacial score (nSPS) is 13.7. The molecule has 0 saturated carbocycles. The zero-order valence-corrected chi connectivity index (χ0v) is 14.3. The molecule has 0 aliphatic carbocycles. The van der Waals surface area contributed by atoms with E-state index in [4.69, 9.17) is 18.7 Å². The topological polar surface area (TPSA) is 66.6 Å². The summed E-state index contributed by atoms with van der Waals surface area (Å²) in [7, 11) is 0. The van der Waals surface area contributed by atoms with Crippen LogP contribution in [0.15, 0.2) is 40.9 Å². The van der Waals surface area contributed by atoms with Crippen molar-refractivity contribution in [3.8, 4) is 28.6 Å². The number of aromatic nitrogens is 2. The summed E-state index contributed by atoms with van der Waals surface area (Å²) < 4.78 is 22.0. The van der Waals surface area contributed by atoms with Crippen molar-refractivity contribution in [2.75, 3.05) is 6.79 Å². The van der Waals surface area contributed by atoms with Crippen LogP contribution in [0.3, 0.4) is 0 Å². The Hall–Kier alpha value is -3.02. The Labute approximate surface area is 145 Å². The number of fused-ring (bicyclic) bond motifs is 1. The van der Waals surface area contributed by atoms with Gasteiger partial charge in [-0.2, -0.15) is 4.98 Å². The molecule has 0 fully saturated rings. The van der Waals surface area contributed by atoms with Crippen molar-refractivity contribution in [3.63, 3.8) is 0 Å². The Kier molecular flexibility index (Phi) is 3.80. The van der Waals surface area contributed by atoms with Crippen molar-refractivity contribution in [3.05, 3.63) is 53.4 Å². The highest BCUT2D eigenvalue weighted by molar-refractivity contribution is 5.61. The summed E-state index contributed by atoms with van der Waals surface area (Å²) in [5.74, 6) is 3.09. The van der Waals surface area contributed by atoms with Gasteiger partial charge in [0.1, 0.15) is 5.75 Å². The largest absolute Gasteiger partial charge is 0.481 e. The molecule has 0 radical (unpaired) electrons. The second-order valence-electron chi connectivity index (χ2n) is 6.03. The lowest BCUT2D eigenvalue weighted by atomic mass is 10.1. The fourth-order valence-corrected chi connectivity index (χ4v) is 2.59. The van der Waals surface area contributed by atoms with Crippen LogP contribution in [0.1, 0.15) is 30.0 Å². The lowest BCUT2D eigenvalue weighted by Gasteiger charge is -2.12. The maximum Gasteiger partial charge on any atom is 0.267 e. The van der Waals surface area contributed by atoms with Gasteiger partial charge in [0.25, 0.3) is 5.89 Å². The summed E-state index contributed by atoms with van der Waals surface area (Å²) in [5, 5.41) is 4.04. The third kappa shape index (κ3) is 3.03. The van der Waals surface area contributed by atoms with Crippen molar-refractivity contribution < 1.29 is 18.7 Å². The van der Waals surface area contributed by atoms with Crippen LogP contribution in [-0.4, -0.2) is 16.9 Å². The number of benzene rings is 2. The molecule has 2 heterocycles. The van der Waals surface area contributed by atoms with E-state index in [1.165, 1.54) is 11.1 Å². The number of nitrogens with zero attached hydrogens (tertiary/aromatic N) is 2. The molecule has 1 aliphatic rings. The van der Waals surface area contributed by atoms with Crippen LogP contribution in [0.5, 0.6) is 17.2 Å². The highest BCUT2D eigenvalue weighted by Gasteiger charge is 2.19. The van der Waals surface area contributed by atoms with E-state index in [0.29, 0.717) is 17.5 Å². The standard InChI is InChI=1S/C19H18N2O4/c1-11-4-6-15(8-12(11)2)24-13(3)19-20-18(21-25-19)14-5-7-16-17(9-14)23-10-22-16/h4-9,13H,10H2,1-3H3/t13-/m0/s1. The minimum atomic E-state index is -0.350. The zero-order chi connectivity index (χ0) is 17.4. The van der Waals surface area contributed by atoms with Crippen LogP contribution in [0.2, 0.25) is 0 Å². The molecular weight excluding hydrogens is 320 g/mol. The maximum absolute atomic E-state index is 5.92. The highest BCUT2D eigenvalue weighted by atomic mass is 16.7.